The lowest BCUT2D eigenvalue weighted by Gasteiger charge is -2.07. The van der Waals surface area contributed by atoms with Gasteiger partial charge in [-0.1, -0.05) is 49.7 Å². The molecular formula is C19H24N. The minimum atomic E-state index is 1.02. The number of hydrogen-bond donors (Lipinski definition) is 1. The molecule has 2 aromatic carbocycles. The van der Waals surface area contributed by atoms with E-state index >= 15 is 0 Å². The molecule has 0 aliphatic rings. The van der Waals surface area contributed by atoms with E-state index in [4.69, 9.17) is 0 Å². The molecule has 0 aromatic heterocycles. The van der Waals surface area contributed by atoms with Crippen LogP contribution in [-0.4, -0.2) is 6.54 Å². The van der Waals surface area contributed by atoms with Gasteiger partial charge in [-0.25, -0.2) is 0 Å². The first-order valence-corrected chi connectivity index (χ1v) is 7.66. The van der Waals surface area contributed by atoms with E-state index in [-0.39, 0.29) is 0 Å². The van der Waals surface area contributed by atoms with Crippen molar-refractivity contribution in [1.29, 1.82) is 0 Å². The summed E-state index contributed by atoms with van der Waals surface area (Å²) in [5, 5.41) is 3.43. The fraction of sp³-hybridized carbons (Fsp3) is 0.368. The van der Waals surface area contributed by atoms with Crippen LogP contribution < -0.4 is 5.32 Å². The van der Waals surface area contributed by atoms with Crippen molar-refractivity contribution >= 4 is 5.69 Å². The predicted molar refractivity (Wildman–Crippen MR) is 87.1 cm³/mol. The molecule has 0 bridgehead atoms. The molecule has 1 N–H and O–H groups in total. The van der Waals surface area contributed by atoms with Gasteiger partial charge < -0.3 is 5.32 Å². The Bertz CT molecular complexity index is 473. The van der Waals surface area contributed by atoms with E-state index in [0.717, 1.165) is 19.4 Å². The van der Waals surface area contributed by atoms with Crippen LogP contribution in [-0.2, 0) is 12.8 Å². The van der Waals surface area contributed by atoms with Crippen molar-refractivity contribution in [2.45, 2.75) is 39.0 Å². The van der Waals surface area contributed by atoms with Gasteiger partial charge in [0.05, 0.1) is 0 Å². The molecule has 1 nitrogen and oxygen atoms in total. The van der Waals surface area contributed by atoms with Gasteiger partial charge >= 0.3 is 0 Å². The van der Waals surface area contributed by atoms with Crippen LogP contribution in [0.5, 0.6) is 0 Å². The number of nitrogens with one attached hydrogen (secondary N) is 1. The summed E-state index contributed by atoms with van der Waals surface area (Å²) in [6, 6.07) is 20.2. The number of aryl methyl sites for hydroxylation is 2. The van der Waals surface area contributed by atoms with Crippen molar-refractivity contribution in [3.63, 3.8) is 0 Å². The molecule has 1 radical (unpaired) electrons. The highest BCUT2D eigenvalue weighted by Gasteiger charge is 1.96. The van der Waals surface area contributed by atoms with E-state index in [1.54, 1.807) is 0 Å². The van der Waals surface area contributed by atoms with Crippen LogP contribution in [0.1, 0.15) is 37.3 Å². The largest absolute Gasteiger partial charge is 0.385 e. The Morgan fingerprint density at radius 2 is 1.45 bits per heavy atom. The molecule has 0 amide bonds. The summed E-state index contributed by atoms with van der Waals surface area (Å²) in [5.41, 5.74) is 4.08. The fourth-order valence-corrected chi connectivity index (χ4v) is 2.28. The average molecular weight is 266 g/mol. The van der Waals surface area contributed by atoms with Gasteiger partial charge in [-0.2, -0.15) is 0 Å². The summed E-state index contributed by atoms with van der Waals surface area (Å²) in [5.74, 6) is 0. The number of anilines is 1. The van der Waals surface area contributed by atoms with Gasteiger partial charge in [-0.3, -0.25) is 0 Å². The van der Waals surface area contributed by atoms with Crippen LogP contribution in [0.25, 0.3) is 0 Å². The SMILES string of the molecule is CCCCc1ccc(CCCNc2cc[c]cc2)cc1. The average Bonchev–Trinajstić information content (AvgIpc) is 2.52. The van der Waals surface area contributed by atoms with Crippen molar-refractivity contribution in [3.8, 4) is 0 Å². The lowest BCUT2D eigenvalue weighted by Crippen LogP contribution is -2.02. The molecule has 0 fully saturated rings. The minimum Gasteiger partial charge on any atom is -0.385 e. The fourth-order valence-electron chi connectivity index (χ4n) is 2.28. The van der Waals surface area contributed by atoms with Crippen molar-refractivity contribution in [2.75, 3.05) is 11.9 Å². The molecule has 0 spiro atoms. The second-order valence-corrected chi connectivity index (χ2v) is 5.24. The summed E-state index contributed by atoms with van der Waals surface area (Å²) < 4.78 is 0. The third-order valence-electron chi connectivity index (χ3n) is 3.53. The molecule has 0 unspecified atom stereocenters. The Balaban J connectivity index is 1.69. The maximum atomic E-state index is 3.43. The Labute approximate surface area is 123 Å². The molecule has 20 heavy (non-hydrogen) atoms. The highest BCUT2D eigenvalue weighted by molar-refractivity contribution is 5.41. The van der Waals surface area contributed by atoms with E-state index in [1.807, 2.05) is 12.1 Å². The van der Waals surface area contributed by atoms with Crippen LogP contribution in [0.15, 0.2) is 48.5 Å². The quantitative estimate of drug-likeness (QED) is 0.672. The van der Waals surface area contributed by atoms with Gasteiger partial charge in [0.15, 0.2) is 0 Å². The second kappa shape index (κ2) is 8.42. The number of hydrogen-bond acceptors (Lipinski definition) is 1. The minimum absolute atomic E-state index is 1.02. The smallest absolute Gasteiger partial charge is 0.0340 e. The van der Waals surface area contributed by atoms with Crippen LogP contribution in [0.2, 0.25) is 0 Å². The molecule has 0 heterocycles. The van der Waals surface area contributed by atoms with Gasteiger partial charge in [0.2, 0.25) is 0 Å². The van der Waals surface area contributed by atoms with E-state index in [2.05, 4.69) is 54.7 Å². The molecule has 0 saturated heterocycles. The summed E-state index contributed by atoms with van der Waals surface area (Å²) in [6.07, 6.45) is 6.07. The van der Waals surface area contributed by atoms with E-state index < -0.39 is 0 Å². The maximum Gasteiger partial charge on any atom is 0.0340 e. The van der Waals surface area contributed by atoms with Gasteiger partial charge in [-0.15, -0.1) is 0 Å². The molecule has 0 aliphatic carbocycles. The summed E-state index contributed by atoms with van der Waals surface area (Å²) in [6.45, 7) is 3.26. The molecule has 2 aromatic rings. The second-order valence-electron chi connectivity index (χ2n) is 5.24. The standard InChI is InChI=1S/C19H24N/c1-2-3-8-17-12-14-18(15-13-17)9-7-16-20-19-10-5-4-6-11-19/h5-6,10-15,20H,2-3,7-9,16H2,1H3. The topological polar surface area (TPSA) is 12.0 Å². The number of rotatable bonds is 8. The first-order valence-electron chi connectivity index (χ1n) is 7.66. The third-order valence-corrected chi connectivity index (χ3v) is 3.53. The molecule has 0 aliphatic heterocycles. The number of unbranched alkanes of at least 4 members (excludes halogenated alkanes) is 1. The third kappa shape index (κ3) is 5.08. The van der Waals surface area contributed by atoms with Crippen molar-refractivity contribution in [1.82, 2.24) is 0 Å². The molecular weight excluding hydrogens is 242 g/mol. The zero-order valence-corrected chi connectivity index (χ0v) is 12.4. The van der Waals surface area contributed by atoms with Gasteiger partial charge in [0, 0.05) is 12.2 Å². The Morgan fingerprint density at radius 3 is 2.05 bits per heavy atom. The summed E-state index contributed by atoms with van der Waals surface area (Å²) >= 11 is 0. The monoisotopic (exact) mass is 266 g/mol. The first-order chi connectivity index (χ1) is 9.88. The highest BCUT2D eigenvalue weighted by Crippen LogP contribution is 2.10. The van der Waals surface area contributed by atoms with Gasteiger partial charge in [0.25, 0.3) is 0 Å². The van der Waals surface area contributed by atoms with Crippen molar-refractivity contribution in [2.24, 2.45) is 0 Å². The van der Waals surface area contributed by atoms with Crippen LogP contribution in [0.3, 0.4) is 0 Å². The lowest BCUT2D eigenvalue weighted by atomic mass is 10.0. The molecule has 1 heteroatoms. The lowest BCUT2D eigenvalue weighted by molar-refractivity contribution is 0.793. The summed E-state index contributed by atoms with van der Waals surface area (Å²) in [7, 11) is 0. The molecule has 0 saturated carbocycles. The summed E-state index contributed by atoms with van der Waals surface area (Å²) in [4.78, 5) is 0. The molecule has 2 rings (SSSR count). The van der Waals surface area contributed by atoms with E-state index in [0.29, 0.717) is 0 Å². The Hall–Kier alpha value is -1.76. The van der Waals surface area contributed by atoms with Crippen LogP contribution in [0.4, 0.5) is 5.69 Å². The normalized spacial score (nSPS) is 10.4. The number of benzene rings is 2. The molecule has 0 atom stereocenters. The van der Waals surface area contributed by atoms with Crippen LogP contribution in [0, 0.1) is 6.07 Å². The van der Waals surface area contributed by atoms with Crippen molar-refractivity contribution in [3.05, 3.63) is 65.7 Å². The Kier molecular flexibility index (Phi) is 6.16. The van der Waals surface area contributed by atoms with Gasteiger partial charge in [0.1, 0.15) is 0 Å². The zero-order valence-electron chi connectivity index (χ0n) is 12.4. The highest BCUT2D eigenvalue weighted by atomic mass is 14.9. The predicted octanol–water partition coefficient (Wildman–Crippen LogP) is 4.87. The molecule has 105 valence electrons. The zero-order chi connectivity index (χ0) is 14.0. The Morgan fingerprint density at radius 1 is 0.850 bits per heavy atom. The maximum absolute atomic E-state index is 3.43. The first kappa shape index (κ1) is 14.6. The van der Waals surface area contributed by atoms with E-state index in [9.17, 15) is 0 Å². The van der Waals surface area contributed by atoms with Gasteiger partial charge in [-0.05, 0) is 55.0 Å². The van der Waals surface area contributed by atoms with Crippen molar-refractivity contribution < 1.29 is 0 Å². The van der Waals surface area contributed by atoms with Crippen LogP contribution >= 0.6 is 0 Å². The van der Waals surface area contributed by atoms with E-state index in [1.165, 1.54) is 36.1 Å².